The summed E-state index contributed by atoms with van der Waals surface area (Å²) in [5.41, 5.74) is 0. The van der Waals surface area contributed by atoms with Crippen molar-refractivity contribution in [3.63, 3.8) is 0 Å². The Kier molecular flexibility index (Phi) is 3.07. The molecule has 0 aromatic rings. The van der Waals surface area contributed by atoms with Gasteiger partial charge in [-0.2, -0.15) is 0 Å². The zero-order chi connectivity index (χ0) is 9.31. The van der Waals surface area contributed by atoms with Gasteiger partial charge >= 0.3 is 0 Å². The molecule has 1 N–H and O–H groups in total. The summed E-state index contributed by atoms with van der Waals surface area (Å²) in [5.74, 6) is 0. The van der Waals surface area contributed by atoms with Crippen molar-refractivity contribution in [1.29, 1.82) is 0 Å². The maximum absolute atomic E-state index is 5.40. The lowest BCUT2D eigenvalue weighted by Crippen LogP contribution is -2.61. The lowest BCUT2D eigenvalue weighted by atomic mass is 10.2. The summed E-state index contributed by atoms with van der Waals surface area (Å²) in [6.45, 7) is 4.87. The fraction of sp³-hybridized carbons (Fsp3) is 0.875. The van der Waals surface area contributed by atoms with Gasteiger partial charge in [0.2, 0.25) is 0 Å². The topological polar surface area (TPSA) is 21.3 Å². The first-order chi connectivity index (χ1) is 6.29. The second-order valence-corrected chi connectivity index (χ2v) is 4.86. The highest BCUT2D eigenvalue weighted by Crippen LogP contribution is 2.23. The largest absolute Gasteiger partial charge is 0.370 e. The standard InChI is InChI=1S/C8H13IN2OS/c9-5-7-6-10-8(13)11(7)1-3-12-4-2-11/h7H,1-6H2/p+1/t7-/m0/s1. The lowest BCUT2D eigenvalue weighted by Gasteiger charge is -2.39. The van der Waals surface area contributed by atoms with E-state index in [0.29, 0.717) is 6.04 Å². The first kappa shape index (κ1) is 10.1. The summed E-state index contributed by atoms with van der Waals surface area (Å²) in [6, 6.07) is 0.664. The van der Waals surface area contributed by atoms with Crippen molar-refractivity contribution >= 4 is 39.9 Å². The second kappa shape index (κ2) is 3.96. The van der Waals surface area contributed by atoms with Gasteiger partial charge < -0.3 is 10.1 Å². The smallest absolute Gasteiger partial charge is 0.270 e. The van der Waals surface area contributed by atoms with E-state index in [1.807, 2.05) is 0 Å². The highest BCUT2D eigenvalue weighted by molar-refractivity contribution is 14.1. The zero-order valence-corrected chi connectivity index (χ0v) is 10.4. The Balaban J connectivity index is 2.19. The lowest BCUT2D eigenvalue weighted by molar-refractivity contribution is -0.862. The summed E-state index contributed by atoms with van der Waals surface area (Å²) >= 11 is 7.85. The number of halogens is 1. The van der Waals surface area contributed by atoms with Gasteiger partial charge in [0, 0.05) is 12.2 Å². The van der Waals surface area contributed by atoms with E-state index in [0.717, 1.165) is 42.4 Å². The minimum Gasteiger partial charge on any atom is -0.370 e. The third-order valence-electron chi connectivity index (χ3n) is 3.04. The normalized spacial score (nSPS) is 32.1. The Morgan fingerprint density at radius 1 is 1.54 bits per heavy atom. The number of nitrogens with zero attached hydrogens (tertiary/aromatic N) is 1. The van der Waals surface area contributed by atoms with Gasteiger partial charge in [-0.15, -0.1) is 0 Å². The van der Waals surface area contributed by atoms with E-state index < -0.39 is 0 Å². The van der Waals surface area contributed by atoms with E-state index in [1.54, 1.807) is 0 Å². The molecule has 2 heterocycles. The SMILES string of the molecule is S=C1NC[C@H](CI)[N+]12CCOCC2. The molecule has 0 radical (unpaired) electrons. The van der Waals surface area contributed by atoms with Crippen LogP contribution in [0.3, 0.4) is 0 Å². The molecule has 74 valence electrons. The maximum atomic E-state index is 5.40. The van der Waals surface area contributed by atoms with Gasteiger partial charge in [0.15, 0.2) is 0 Å². The third-order valence-corrected chi connectivity index (χ3v) is 4.56. The van der Waals surface area contributed by atoms with Crippen LogP contribution in [0.4, 0.5) is 0 Å². The second-order valence-electron chi connectivity index (χ2n) is 3.59. The third kappa shape index (κ3) is 1.60. The van der Waals surface area contributed by atoms with Crippen LogP contribution >= 0.6 is 34.8 Å². The fourth-order valence-electron chi connectivity index (χ4n) is 2.13. The summed E-state index contributed by atoms with van der Waals surface area (Å²) in [5, 5.41) is 4.36. The molecule has 0 unspecified atom stereocenters. The molecule has 2 rings (SSSR count). The summed E-state index contributed by atoms with van der Waals surface area (Å²) in [6.07, 6.45) is 0. The van der Waals surface area contributed by atoms with Crippen molar-refractivity contribution in [3.8, 4) is 0 Å². The van der Waals surface area contributed by atoms with Gasteiger partial charge in [-0.1, -0.05) is 22.6 Å². The molecule has 2 saturated heterocycles. The van der Waals surface area contributed by atoms with Crippen LogP contribution in [0.5, 0.6) is 0 Å². The quantitative estimate of drug-likeness (QED) is 0.330. The Morgan fingerprint density at radius 3 is 2.85 bits per heavy atom. The molecule has 5 heteroatoms. The van der Waals surface area contributed by atoms with Crippen molar-refractivity contribution in [2.75, 3.05) is 37.3 Å². The zero-order valence-electron chi connectivity index (χ0n) is 7.46. The molecule has 1 spiro atoms. The van der Waals surface area contributed by atoms with Crippen LogP contribution in [0, 0.1) is 0 Å². The number of alkyl halides is 1. The number of morpholine rings is 1. The number of ether oxygens (including phenoxy) is 1. The van der Waals surface area contributed by atoms with E-state index in [1.165, 1.54) is 4.43 Å². The number of hydrogen-bond acceptors (Lipinski definition) is 2. The predicted octanol–water partition coefficient (Wildman–Crippen LogP) is 0.525. The van der Waals surface area contributed by atoms with Crippen molar-refractivity contribution in [1.82, 2.24) is 5.32 Å². The summed E-state index contributed by atoms with van der Waals surface area (Å²) in [4.78, 5) is 0. The highest BCUT2D eigenvalue weighted by Gasteiger charge is 2.47. The molecule has 0 amide bonds. The molecule has 0 saturated carbocycles. The summed E-state index contributed by atoms with van der Waals surface area (Å²) < 4.78 is 7.55. The number of nitrogens with one attached hydrogen (secondary N) is 1. The molecule has 13 heavy (non-hydrogen) atoms. The number of quaternary nitrogens is 1. The Morgan fingerprint density at radius 2 is 2.23 bits per heavy atom. The van der Waals surface area contributed by atoms with Crippen molar-refractivity contribution < 1.29 is 9.22 Å². The van der Waals surface area contributed by atoms with Crippen molar-refractivity contribution in [2.24, 2.45) is 0 Å². The minimum atomic E-state index is 0.664. The highest BCUT2D eigenvalue weighted by atomic mass is 127. The molecular weight excluding hydrogens is 299 g/mol. The van der Waals surface area contributed by atoms with Gasteiger partial charge in [-0.05, 0) is 0 Å². The number of hydrogen-bond donors (Lipinski definition) is 1. The first-order valence-electron chi connectivity index (χ1n) is 4.58. The Labute approximate surface area is 97.5 Å². The van der Waals surface area contributed by atoms with Crippen LogP contribution in [0.1, 0.15) is 0 Å². The van der Waals surface area contributed by atoms with Gasteiger partial charge in [0.1, 0.15) is 19.1 Å². The summed E-state index contributed by atoms with van der Waals surface area (Å²) in [7, 11) is 0. The molecule has 0 bridgehead atoms. The molecule has 0 aromatic carbocycles. The number of rotatable bonds is 1. The molecule has 2 fully saturated rings. The van der Waals surface area contributed by atoms with E-state index in [-0.39, 0.29) is 0 Å². The number of thiocarbonyl (C=S) groups is 1. The van der Waals surface area contributed by atoms with E-state index in [2.05, 4.69) is 27.9 Å². The molecule has 0 aromatic heterocycles. The van der Waals surface area contributed by atoms with Gasteiger partial charge in [-0.25, -0.2) is 0 Å². The van der Waals surface area contributed by atoms with Gasteiger partial charge in [0.05, 0.1) is 24.2 Å². The minimum absolute atomic E-state index is 0.664. The molecule has 0 aliphatic carbocycles. The average molecular weight is 313 g/mol. The average Bonchev–Trinajstić information content (AvgIpc) is 2.46. The monoisotopic (exact) mass is 313 g/mol. The van der Waals surface area contributed by atoms with Crippen LogP contribution in [-0.2, 0) is 4.74 Å². The van der Waals surface area contributed by atoms with Crippen LogP contribution < -0.4 is 5.32 Å². The van der Waals surface area contributed by atoms with E-state index in [9.17, 15) is 0 Å². The molecule has 2 aliphatic heterocycles. The van der Waals surface area contributed by atoms with Crippen LogP contribution in [0.15, 0.2) is 0 Å². The van der Waals surface area contributed by atoms with E-state index in [4.69, 9.17) is 17.0 Å². The Hall–Kier alpha value is 0.540. The molecule has 1 atom stereocenters. The van der Waals surface area contributed by atoms with Crippen LogP contribution in [-0.4, -0.2) is 52.9 Å². The fourth-order valence-corrected chi connectivity index (χ4v) is 3.61. The first-order valence-corrected chi connectivity index (χ1v) is 6.52. The predicted molar refractivity (Wildman–Crippen MR) is 64.1 cm³/mol. The molecular formula is C8H14IN2OS+. The van der Waals surface area contributed by atoms with Crippen LogP contribution in [0.25, 0.3) is 0 Å². The van der Waals surface area contributed by atoms with Gasteiger partial charge in [0.25, 0.3) is 5.11 Å². The Bertz CT molecular complexity index is 218. The van der Waals surface area contributed by atoms with Crippen molar-refractivity contribution in [3.05, 3.63) is 0 Å². The molecule has 3 nitrogen and oxygen atoms in total. The van der Waals surface area contributed by atoms with E-state index >= 15 is 0 Å². The van der Waals surface area contributed by atoms with Gasteiger partial charge in [-0.3, -0.25) is 4.48 Å². The maximum Gasteiger partial charge on any atom is 0.270 e. The molecule has 2 aliphatic rings. The van der Waals surface area contributed by atoms with Crippen molar-refractivity contribution in [2.45, 2.75) is 6.04 Å². The van der Waals surface area contributed by atoms with Crippen LogP contribution in [0.2, 0.25) is 0 Å².